The highest BCUT2D eigenvalue weighted by Gasteiger charge is 2.10. The standard InChI is InChI=1S/C18H22N6OS/c1-11-9-15(26-10-11)18(25)20-8-7-19-16-5-6-17(22-21-16)24-14(4)12(2)13(3)23-24/h5-6,9-10H,7-8H2,1-4H3,(H,19,21)(H,20,25). The van der Waals surface area contributed by atoms with Gasteiger partial charge in [0.05, 0.1) is 10.6 Å². The van der Waals surface area contributed by atoms with Crippen molar-refractivity contribution >= 4 is 23.1 Å². The summed E-state index contributed by atoms with van der Waals surface area (Å²) in [4.78, 5) is 12.7. The van der Waals surface area contributed by atoms with Gasteiger partial charge in [-0.25, -0.2) is 4.68 Å². The molecule has 0 radical (unpaired) electrons. The van der Waals surface area contributed by atoms with Gasteiger partial charge in [-0.05, 0) is 62.4 Å². The molecular weight excluding hydrogens is 348 g/mol. The molecule has 3 aromatic rings. The molecular formula is C18H22N6OS. The molecule has 3 aromatic heterocycles. The van der Waals surface area contributed by atoms with Crippen LogP contribution >= 0.6 is 11.3 Å². The van der Waals surface area contributed by atoms with Gasteiger partial charge < -0.3 is 10.6 Å². The Kier molecular flexibility index (Phi) is 5.32. The molecule has 0 aliphatic rings. The van der Waals surface area contributed by atoms with Gasteiger partial charge in [0, 0.05) is 18.8 Å². The largest absolute Gasteiger partial charge is 0.367 e. The Morgan fingerprint density at radius 2 is 1.96 bits per heavy atom. The quantitative estimate of drug-likeness (QED) is 0.652. The molecule has 0 saturated carbocycles. The van der Waals surface area contributed by atoms with E-state index in [9.17, 15) is 4.79 Å². The summed E-state index contributed by atoms with van der Waals surface area (Å²) in [6.07, 6.45) is 0. The number of amides is 1. The fraction of sp³-hybridized carbons (Fsp3) is 0.333. The van der Waals surface area contributed by atoms with E-state index in [-0.39, 0.29) is 5.91 Å². The van der Waals surface area contributed by atoms with Gasteiger partial charge in [0.25, 0.3) is 5.91 Å². The number of hydrogen-bond acceptors (Lipinski definition) is 6. The first kappa shape index (κ1) is 18.1. The maximum Gasteiger partial charge on any atom is 0.261 e. The average Bonchev–Trinajstić information content (AvgIpc) is 3.18. The van der Waals surface area contributed by atoms with Crippen LogP contribution in [-0.4, -0.2) is 39.0 Å². The van der Waals surface area contributed by atoms with Crippen LogP contribution in [0.3, 0.4) is 0 Å². The van der Waals surface area contributed by atoms with Crippen molar-refractivity contribution < 1.29 is 4.79 Å². The molecule has 0 saturated heterocycles. The third-order valence-corrected chi connectivity index (χ3v) is 5.24. The van der Waals surface area contributed by atoms with Gasteiger partial charge >= 0.3 is 0 Å². The van der Waals surface area contributed by atoms with Crippen LogP contribution in [0.15, 0.2) is 23.6 Å². The van der Waals surface area contributed by atoms with E-state index >= 15 is 0 Å². The Balaban J connectivity index is 1.51. The molecule has 136 valence electrons. The highest BCUT2D eigenvalue weighted by molar-refractivity contribution is 7.12. The highest BCUT2D eigenvalue weighted by atomic mass is 32.1. The normalized spacial score (nSPS) is 10.8. The van der Waals surface area contributed by atoms with Crippen molar-refractivity contribution in [3.63, 3.8) is 0 Å². The van der Waals surface area contributed by atoms with Crippen LogP contribution in [0.1, 0.15) is 32.2 Å². The number of aromatic nitrogens is 4. The summed E-state index contributed by atoms with van der Waals surface area (Å²) in [6.45, 7) is 9.10. The van der Waals surface area contributed by atoms with Gasteiger partial charge in [-0.15, -0.1) is 21.5 Å². The molecule has 0 aromatic carbocycles. The number of nitrogens with one attached hydrogen (secondary N) is 2. The lowest BCUT2D eigenvalue weighted by Crippen LogP contribution is -2.28. The Hall–Kier alpha value is -2.74. The fourth-order valence-corrected chi connectivity index (χ4v) is 3.29. The molecule has 0 bridgehead atoms. The van der Waals surface area contributed by atoms with Crippen molar-refractivity contribution in [3.8, 4) is 5.82 Å². The molecule has 3 heterocycles. The van der Waals surface area contributed by atoms with Crippen LogP contribution in [0.2, 0.25) is 0 Å². The molecule has 1 amide bonds. The summed E-state index contributed by atoms with van der Waals surface area (Å²) in [5.41, 5.74) is 4.31. The molecule has 3 rings (SSSR count). The maximum atomic E-state index is 12.0. The third-order valence-electron chi connectivity index (χ3n) is 4.19. The average molecular weight is 370 g/mol. The number of anilines is 1. The second kappa shape index (κ2) is 7.65. The first-order chi connectivity index (χ1) is 12.5. The number of carbonyl (C=O) groups excluding carboxylic acids is 1. The fourth-order valence-electron chi connectivity index (χ4n) is 2.48. The number of aryl methyl sites for hydroxylation is 2. The predicted octanol–water partition coefficient (Wildman–Crippen LogP) is 2.80. The summed E-state index contributed by atoms with van der Waals surface area (Å²) >= 11 is 1.45. The minimum atomic E-state index is -0.0498. The highest BCUT2D eigenvalue weighted by Crippen LogP contribution is 2.15. The van der Waals surface area contributed by atoms with Crippen molar-refractivity contribution in [2.75, 3.05) is 18.4 Å². The predicted molar refractivity (Wildman–Crippen MR) is 103 cm³/mol. The van der Waals surface area contributed by atoms with Crippen LogP contribution < -0.4 is 10.6 Å². The van der Waals surface area contributed by atoms with E-state index < -0.39 is 0 Å². The second-order valence-electron chi connectivity index (χ2n) is 6.16. The molecule has 8 heteroatoms. The number of hydrogen-bond donors (Lipinski definition) is 2. The Labute approximate surface area is 156 Å². The van der Waals surface area contributed by atoms with E-state index in [0.717, 1.165) is 27.4 Å². The lowest BCUT2D eigenvalue weighted by atomic mass is 10.2. The van der Waals surface area contributed by atoms with Crippen molar-refractivity contribution in [3.05, 3.63) is 51.0 Å². The van der Waals surface area contributed by atoms with Crippen molar-refractivity contribution in [2.45, 2.75) is 27.7 Å². The molecule has 0 atom stereocenters. The Morgan fingerprint density at radius 3 is 2.54 bits per heavy atom. The van der Waals surface area contributed by atoms with Crippen molar-refractivity contribution in [1.29, 1.82) is 0 Å². The zero-order chi connectivity index (χ0) is 18.7. The van der Waals surface area contributed by atoms with Crippen molar-refractivity contribution in [2.24, 2.45) is 0 Å². The van der Waals surface area contributed by atoms with E-state index in [2.05, 4.69) is 25.9 Å². The van der Waals surface area contributed by atoms with Gasteiger partial charge in [0.1, 0.15) is 5.82 Å². The maximum absolute atomic E-state index is 12.0. The van der Waals surface area contributed by atoms with Crippen LogP contribution in [0.4, 0.5) is 5.82 Å². The Bertz CT molecular complexity index is 912. The first-order valence-electron chi connectivity index (χ1n) is 8.40. The molecule has 7 nitrogen and oxygen atoms in total. The van der Waals surface area contributed by atoms with E-state index in [4.69, 9.17) is 0 Å². The molecule has 2 N–H and O–H groups in total. The zero-order valence-electron chi connectivity index (χ0n) is 15.3. The summed E-state index contributed by atoms with van der Waals surface area (Å²) < 4.78 is 1.80. The minimum absolute atomic E-state index is 0.0498. The summed E-state index contributed by atoms with van der Waals surface area (Å²) in [5, 5.41) is 20.9. The monoisotopic (exact) mass is 370 g/mol. The first-order valence-corrected chi connectivity index (χ1v) is 9.28. The number of carbonyl (C=O) groups is 1. The van der Waals surface area contributed by atoms with Crippen LogP contribution in [0.5, 0.6) is 0 Å². The van der Waals surface area contributed by atoms with E-state index in [1.54, 1.807) is 4.68 Å². The third kappa shape index (κ3) is 3.91. The SMILES string of the molecule is Cc1csc(C(=O)NCCNc2ccc(-n3nc(C)c(C)c3C)nn2)c1. The lowest BCUT2D eigenvalue weighted by Gasteiger charge is -2.07. The lowest BCUT2D eigenvalue weighted by molar-refractivity contribution is 0.0959. The van der Waals surface area contributed by atoms with E-state index in [0.29, 0.717) is 24.7 Å². The molecule has 0 aliphatic carbocycles. The molecule has 0 fully saturated rings. The topological polar surface area (TPSA) is 84.7 Å². The van der Waals surface area contributed by atoms with Crippen molar-refractivity contribution in [1.82, 2.24) is 25.3 Å². The summed E-state index contributed by atoms with van der Waals surface area (Å²) in [7, 11) is 0. The second-order valence-corrected chi connectivity index (χ2v) is 7.07. The molecule has 0 aliphatic heterocycles. The smallest absolute Gasteiger partial charge is 0.261 e. The minimum Gasteiger partial charge on any atom is -0.367 e. The van der Waals surface area contributed by atoms with Gasteiger partial charge in [-0.2, -0.15) is 5.10 Å². The molecule has 0 spiro atoms. The van der Waals surface area contributed by atoms with Gasteiger partial charge in [0.15, 0.2) is 5.82 Å². The molecule has 0 unspecified atom stereocenters. The zero-order valence-corrected chi connectivity index (χ0v) is 16.1. The number of rotatable bonds is 6. The van der Waals surface area contributed by atoms with E-state index in [1.807, 2.05) is 51.3 Å². The van der Waals surface area contributed by atoms with Gasteiger partial charge in [-0.3, -0.25) is 4.79 Å². The van der Waals surface area contributed by atoms with Crippen LogP contribution in [-0.2, 0) is 0 Å². The van der Waals surface area contributed by atoms with Gasteiger partial charge in [0.2, 0.25) is 0 Å². The number of thiophene rings is 1. The Morgan fingerprint density at radius 1 is 1.15 bits per heavy atom. The summed E-state index contributed by atoms with van der Waals surface area (Å²) in [6, 6.07) is 5.62. The number of nitrogens with zero attached hydrogens (tertiary/aromatic N) is 4. The van der Waals surface area contributed by atoms with Crippen LogP contribution in [0.25, 0.3) is 5.82 Å². The summed E-state index contributed by atoms with van der Waals surface area (Å²) in [5.74, 6) is 1.30. The molecule has 26 heavy (non-hydrogen) atoms. The van der Waals surface area contributed by atoms with E-state index in [1.165, 1.54) is 11.3 Å². The van der Waals surface area contributed by atoms with Gasteiger partial charge in [-0.1, -0.05) is 0 Å². The van der Waals surface area contributed by atoms with Crippen LogP contribution in [0, 0.1) is 27.7 Å².